The lowest BCUT2D eigenvalue weighted by atomic mass is 10.3. The second-order valence-electron chi connectivity index (χ2n) is 4.21. The van der Waals surface area contributed by atoms with Crippen molar-refractivity contribution in [3.63, 3.8) is 0 Å². The Labute approximate surface area is 123 Å². The van der Waals surface area contributed by atoms with E-state index in [-0.39, 0.29) is 17.1 Å². The van der Waals surface area contributed by atoms with E-state index in [1.807, 2.05) is 0 Å². The van der Waals surface area contributed by atoms with E-state index in [0.717, 1.165) is 6.92 Å². The number of sulfonamides is 2. The normalized spacial score (nSPS) is 13.4. The summed E-state index contributed by atoms with van der Waals surface area (Å²) in [6.07, 6.45) is 0. The number of anilines is 2. The second-order valence-corrected chi connectivity index (χ2v) is 8.22. The first-order chi connectivity index (χ1) is 9.57. The van der Waals surface area contributed by atoms with E-state index in [1.165, 1.54) is 31.2 Å². The van der Waals surface area contributed by atoms with Gasteiger partial charge in [0.05, 0.1) is 5.75 Å². The standard InChI is InChI=1S/C11H16N2O6S2/c1-3-20(16,17)12-9-4-6-10(7-5-9)13-21(18,19)8(2)11(14)15/h4-8,12-13H,3H2,1-2H3,(H,14,15). The number of carboxylic acids is 1. The number of carbonyl (C=O) groups is 1. The number of hydrogen-bond acceptors (Lipinski definition) is 5. The van der Waals surface area contributed by atoms with Gasteiger partial charge in [-0.1, -0.05) is 0 Å². The van der Waals surface area contributed by atoms with Crippen LogP contribution in [0.5, 0.6) is 0 Å². The van der Waals surface area contributed by atoms with Crippen molar-refractivity contribution < 1.29 is 26.7 Å². The monoisotopic (exact) mass is 336 g/mol. The van der Waals surface area contributed by atoms with Gasteiger partial charge < -0.3 is 5.11 Å². The first kappa shape index (κ1) is 17.2. The van der Waals surface area contributed by atoms with Crippen LogP contribution in [0.2, 0.25) is 0 Å². The molecule has 1 atom stereocenters. The van der Waals surface area contributed by atoms with Crippen LogP contribution in [0.15, 0.2) is 24.3 Å². The molecule has 0 saturated heterocycles. The molecule has 0 aliphatic rings. The highest BCUT2D eigenvalue weighted by Gasteiger charge is 2.27. The van der Waals surface area contributed by atoms with Crippen molar-refractivity contribution >= 4 is 37.4 Å². The molecule has 1 aromatic rings. The van der Waals surface area contributed by atoms with Gasteiger partial charge in [0.1, 0.15) is 0 Å². The lowest BCUT2D eigenvalue weighted by molar-refractivity contribution is -0.136. The third kappa shape index (κ3) is 4.90. The molecule has 1 rings (SSSR count). The van der Waals surface area contributed by atoms with E-state index in [1.54, 1.807) is 0 Å². The van der Waals surface area contributed by atoms with Crippen molar-refractivity contribution in [1.82, 2.24) is 0 Å². The average Bonchev–Trinajstić information content (AvgIpc) is 2.39. The number of hydrogen-bond donors (Lipinski definition) is 3. The summed E-state index contributed by atoms with van der Waals surface area (Å²) in [6, 6.07) is 5.41. The molecule has 0 heterocycles. The van der Waals surface area contributed by atoms with Crippen molar-refractivity contribution in [3.8, 4) is 0 Å². The molecule has 0 fully saturated rings. The highest BCUT2D eigenvalue weighted by molar-refractivity contribution is 7.94. The number of benzene rings is 1. The maximum absolute atomic E-state index is 11.7. The molecule has 0 aliphatic heterocycles. The third-order valence-electron chi connectivity index (χ3n) is 2.61. The Hall–Kier alpha value is -1.81. The van der Waals surface area contributed by atoms with E-state index < -0.39 is 31.3 Å². The van der Waals surface area contributed by atoms with Crippen LogP contribution in [0.1, 0.15) is 13.8 Å². The molecule has 0 aromatic heterocycles. The second kappa shape index (κ2) is 6.31. The minimum Gasteiger partial charge on any atom is -0.480 e. The molecule has 0 bridgehead atoms. The third-order valence-corrected chi connectivity index (χ3v) is 5.57. The topological polar surface area (TPSA) is 130 Å². The number of carboxylic acid groups (broad SMARTS) is 1. The molecule has 1 aromatic carbocycles. The lowest BCUT2D eigenvalue weighted by Crippen LogP contribution is -2.32. The minimum absolute atomic E-state index is 0.0858. The van der Waals surface area contributed by atoms with Gasteiger partial charge >= 0.3 is 5.97 Å². The smallest absolute Gasteiger partial charge is 0.323 e. The highest BCUT2D eigenvalue weighted by Crippen LogP contribution is 2.17. The molecule has 0 saturated carbocycles. The Morgan fingerprint density at radius 2 is 1.52 bits per heavy atom. The zero-order chi connectivity index (χ0) is 16.3. The van der Waals surface area contributed by atoms with Gasteiger partial charge in [-0.05, 0) is 38.1 Å². The molecule has 0 amide bonds. The van der Waals surface area contributed by atoms with Gasteiger partial charge in [0.15, 0.2) is 5.25 Å². The molecule has 21 heavy (non-hydrogen) atoms. The summed E-state index contributed by atoms with van der Waals surface area (Å²) in [5, 5.41) is 7.10. The molecule has 8 nitrogen and oxygen atoms in total. The summed E-state index contributed by atoms with van der Waals surface area (Å²) in [5.74, 6) is -1.55. The summed E-state index contributed by atoms with van der Waals surface area (Å²) < 4.78 is 50.5. The lowest BCUT2D eigenvalue weighted by Gasteiger charge is -2.12. The van der Waals surface area contributed by atoms with E-state index >= 15 is 0 Å². The Kier molecular flexibility index (Phi) is 5.18. The SMILES string of the molecule is CCS(=O)(=O)Nc1ccc(NS(=O)(=O)C(C)C(=O)O)cc1. The first-order valence-electron chi connectivity index (χ1n) is 5.92. The Morgan fingerprint density at radius 1 is 1.10 bits per heavy atom. The van der Waals surface area contributed by atoms with Crippen LogP contribution in [0.4, 0.5) is 11.4 Å². The fraction of sp³-hybridized carbons (Fsp3) is 0.364. The number of nitrogens with one attached hydrogen (secondary N) is 2. The van der Waals surface area contributed by atoms with Crippen LogP contribution in [-0.2, 0) is 24.8 Å². The van der Waals surface area contributed by atoms with Crippen LogP contribution in [-0.4, -0.2) is 38.9 Å². The van der Waals surface area contributed by atoms with Gasteiger partial charge in [-0.15, -0.1) is 0 Å². The van der Waals surface area contributed by atoms with Crippen LogP contribution in [0.3, 0.4) is 0 Å². The predicted molar refractivity (Wildman–Crippen MR) is 79.2 cm³/mol. The zero-order valence-electron chi connectivity index (χ0n) is 11.4. The largest absolute Gasteiger partial charge is 0.480 e. The van der Waals surface area contributed by atoms with Gasteiger partial charge in [0, 0.05) is 11.4 Å². The Bertz CT molecular complexity index is 710. The van der Waals surface area contributed by atoms with Crippen molar-refractivity contribution in [2.45, 2.75) is 19.1 Å². The predicted octanol–water partition coefficient (Wildman–Crippen LogP) is 0.663. The first-order valence-corrected chi connectivity index (χ1v) is 9.12. The molecular formula is C11H16N2O6S2. The van der Waals surface area contributed by atoms with Crippen molar-refractivity contribution in [2.24, 2.45) is 0 Å². The molecule has 10 heteroatoms. The van der Waals surface area contributed by atoms with Crippen LogP contribution >= 0.6 is 0 Å². The molecular weight excluding hydrogens is 320 g/mol. The number of rotatable bonds is 7. The van der Waals surface area contributed by atoms with E-state index in [9.17, 15) is 21.6 Å². The summed E-state index contributed by atoms with van der Waals surface area (Å²) >= 11 is 0. The van der Waals surface area contributed by atoms with Crippen molar-refractivity contribution in [2.75, 3.05) is 15.2 Å². The van der Waals surface area contributed by atoms with Crippen molar-refractivity contribution in [1.29, 1.82) is 0 Å². The van der Waals surface area contributed by atoms with Gasteiger partial charge in [-0.2, -0.15) is 0 Å². The Balaban J connectivity index is 2.87. The Morgan fingerprint density at radius 3 is 1.90 bits per heavy atom. The summed E-state index contributed by atoms with van der Waals surface area (Å²) in [6.45, 7) is 2.53. The van der Waals surface area contributed by atoms with Crippen LogP contribution in [0, 0.1) is 0 Å². The molecule has 3 N–H and O–H groups in total. The molecule has 1 unspecified atom stereocenters. The highest BCUT2D eigenvalue weighted by atomic mass is 32.2. The van der Waals surface area contributed by atoms with Gasteiger partial charge in [-0.3, -0.25) is 14.2 Å². The molecule has 0 aliphatic carbocycles. The maximum Gasteiger partial charge on any atom is 0.323 e. The van der Waals surface area contributed by atoms with Crippen molar-refractivity contribution in [3.05, 3.63) is 24.3 Å². The minimum atomic E-state index is -4.05. The summed E-state index contributed by atoms with van der Waals surface area (Å²) in [5.41, 5.74) is 0.425. The average molecular weight is 336 g/mol. The van der Waals surface area contributed by atoms with Gasteiger partial charge in [0.25, 0.3) is 0 Å². The zero-order valence-corrected chi connectivity index (χ0v) is 13.0. The quantitative estimate of drug-likeness (QED) is 0.671. The van der Waals surface area contributed by atoms with Gasteiger partial charge in [-0.25, -0.2) is 16.8 Å². The van der Waals surface area contributed by atoms with E-state index in [0.29, 0.717) is 0 Å². The van der Waals surface area contributed by atoms with Gasteiger partial charge in [0.2, 0.25) is 20.0 Å². The fourth-order valence-electron chi connectivity index (χ4n) is 1.24. The van der Waals surface area contributed by atoms with Crippen LogP contribution < -0.4 is 9.44 Å². The number of aliphatic carboxylic acids is 1. The van der Waals surface area contributed by atoms with E-state index in [2.05, 4.69) is 9.44 Å². The summed E-state index contributed by atoms with van der Waals surface area (Å²) in [4.78, 5) is 10.7. The van der Waals surface area contributed by atoms with Crippen LogP contribution in [0.25, 0.3) is 0 Å². The summed E-state index contributed by atoms with van der Waals surface area (Å²) in [7, 11) is -7.46. The molecule has 0 spiro atoms. The van der Waals surface area contributed by atoms with E-state index in [4.69, 9.17) is 5.11 Å². The molecule has 118 valence electrons. The molecule has 0 radical (unpaired) electrons. The fourth-order valence-corrected chi connectivity index (χ4v) is 2.79. The maximum atomic E-state index is 11.7.